The molecule has 5 nitrogen and oxygen atoms in total. The predicted molar refractivity (Wildman–Crippen MR) is 49.5 cm³/mol. The van der Waals surface area contributed by atoms with Crippen molar-refractivity contribution in [2.24, 2.45) is 0 Å². The molecule has 1 aromatic rings. The summed E-state index contributed by atoms with van der Waals surface area (Å²) in [6.07, 6.45) is 0. The Morgan fingerprint density at radius 2 is 2.46 bits per heavy atom. The van der Waals surface area contributed by atoms with E-state index in [1.807, 2.05) is 0 Å². The van der Waals surface area contributed by atoms with Crippen molar-refractivity contribution in [1.29, 1.82) is 0 Å². The Morgan fingerprint density at radius 3 is 3.00 bits per heavy atom. The molecule has 0 unspecified atom stereocenters. The van der Waals surface area contributed by atoms with Crippen LogP contribution in [-0.2, 0) is 16.1 Å². The smallest absolute Gasteiger partial charge is 0.293 e. The van der Waals surface area contributed by atoms with E-state index < -0.39 is 4.92 Å². The zero-order chi connectivity index (χ0) is 9.84. The van der Waals surface area contributed by atoms with Gasteiger partial charge < -0.3 is 4.74 Å². The molecule has 1 aromatic heterocycles. The van der Waals surface area contributed by atoms with Crippen LogP contribution in [0.4, 0.5) is 5.69 Å². The Morgan fingerprint density at radius 1 is 1.77 bits per heavy atom. The van der Waals surface area contributed by atoms with Crippen LogP contribution in [-0.4, -0.2) is 11.4 Å². The molecule has 1 heterocycles. The lowest BCUT2D eigenvalue weighted by molar-refractivity contribution is -0.385. The molecule has 0 bridgehead atoms. The summed E-state index contributed by atoms with van der Waals surface area (Å²) in [5, 5.41) is 10.4. The number of rotatable bonds is 4. The van der Waals surface area contributed by atoms with Gasteiger partial charge in [0.25, 0.3) is 12.2 Å². The third-order valence-corrected chi connectivity index (χ3v) is 2.84. The lowest BCUT2D eigenvalue weighted by atomic mass is 10.4. The Labute approximate surface area is 85.6 Å². The van der Waals surface area contributed by atoms with Crippen molar-refractivity contribution in [1.82, 2.24) is 0 Å². The van der Waals surface area contributed by atoms with Gasteiger partial charge in [-0.2, -0.15) is 0 Å². The summed E-state index contributed by atoms with van der Waals surface area (Å²) in [7, 11) is 0. The summed E-state index contributed by atoms with van der Waals surface area (Å²) in [6, 6.07) is 1.38. The molecule has 0 atom stereocenters. The van der Waals surface area contributed by atoms with Gasteiger partial charge >= 0.3 is 0 Å². The summed E-state index contributed by atoms with van der Waals surface area (Å²) in [4.78, 5) is 20.2. The monoisotopic (exact) mass is 265 g/mol. The van der Waals surface area contributed by atoms with Crippen molar-refractivity contribution in [3.05, 3.63) is 24.8 Å². The molecule has 0 amide bonds. The van der Waals surface area contributed by atoms with Crippen LogP contribution in [0.5, 0.6) is 0 Å². The molecule has 0 radical (unpaired) electrons. The van der Waals surface area contributed by atoms with Crippen molar-refractivity contribution in [3.63, 3.8) is 0 Å². The van der Waals surface area contributed by atoms with Crippen molar-refractivity contribution < 1.29 is 14.5 Å². The Hall–Kier alpha value is -0.950. The van der Waals surface area contributed by atoms with Gasteiger partial charge in [-0.1, -0.05) is 0 Å². The molecule has 0 aromatic carbocycles. The molecule has 0 saturated heterocycles. The quantitative estimate of drug-likeness (QED) is 0.475. The molecule has 70 valence electrons. The maximum Gasteiger partial charge on any atom is 0.293 e. The van der Waals surface area contributed by atoms with Crippen LogP contribution >= 0.6 is 27.3 Å². The molecule has 0 N–H and O–H groups in total. The van der Waals surface area contributed by atoms with E-state index in [9.17, 15) is 14.9 Å². The zero-order valence-electron chi connectivity index (χ0n) is 6.23. The molecule has 7 heteroatoms. The molecule has 0 fully saturated rings. The van der Waals surface area contributed by atoms with E-state index in [1.165, 1.54) is 17.4 Å². The van der Waals surface area contributed by atoms with Gasteiger partial charge in [-0.3, -0.25) is 14.9 Å². The molecule has 1 rings (SSSR count). The minimum absolute atomic E-state index is 0.0290. The number of hydrogen-bond donors (Lipinski definition) is 0. The van der Waals surface area contributed by atoms with Crippen LogP contribution in [0.15, 0.2) is 9.85 Å². The molecule has 13 heavy (non-hydrogen) atoms. The predicted octanol–water partition coefficient (Wildman–Crippen LogP) is 2.09. The molecular weight excluding hydrogens is 262 g/mol. The summed E-state index contributed by atoms with van der Waals surface area (Å²) in [5.41, 5.74) is -0.0290. The second-order valence-electron chi connectivity index (χ2n) is 2.02. The van der Waals surface area contributed by atoms with E-state index in [2.05, 4.69) is 20.7 Å². The number of hydrogen-bond acceptors (Lipinski definition) is 5. The van der Waals surface area contributed by atoms with Gasteiger partial charge in [0.05, 0.1) is 8.71 Å². The minimum atomic E-state index is -0.509. The summed E-state index contributed by atoms with van der Waals surface area (Å²) >= 11 is 4.29. The average molecular weight is 266 g/mol. The topological polar surface area (TPSA) is 69.4 Å². The molecule has 0 aliphatic rings. The summed E-state index contributed by atoms with van der Waals surface area (Å²) in [6.45, 7) is 0.202. The standard InChI is InChI=1S/C6H4BrNO4S/c7-6-1-4(8(10)11)5(13-6)2-12-3-9/h1,3H,2H2. The number of ether oxygens (including phenoxy) is 1. The van der Waals surface area contributed by atoms with Gasteiger partial charge in [0, 0.05) is 6.07 Å². The molecule has 0 spiro atoms. The summed E-state index contributed by atoms with van der Waals surface area (Å²) < 4.78 is 5.07. The minimum Gasteiger partial charge on any atom is -0.462 e. The molecule has 0 aliphatic carbocycles. The Kier molecular flexibility index (Phi) is 3.38. The van der Waals surface area contributed by atoms with Gasteiger partial charge in [-0.05, 0) is 15.9 Å². The third-order valence-electron chi connectivity index (χ3n) is 1.24. The fraction of sp³-hybridized carbons (Fsp3) is 0.167. The van der Waals surface area contributed by atoms with Gasteiger partial charge in [0.1, 0.15) is 11.5 Å². The van der Waals surface area contributed by atoms with Crippen LogP contribution in [0.2, 0.25) is 0 Å². The van der Waals surface area contributed by atoms with Crippen molar-refractivity contribution in [3.8, 4) is 0 Å². The molecule has 0 saturated carbocycles. The van der Waals surface area contributed by atoms with Crippen LogP contribution in [0, 0.1) is 10.1 Å². The first-order chi connectivity index (χ1) is 6.15. The van der Waals surface area contributed by atoms with Crippen molar-refractivity contribution in [2.45, 2.75) is 6.61 Å². The molecule has 0 aliphatic heterocycles. The van der Waals surface area contributed by atoms with Gasteiger partial charge in [0.15, 0.2) is 0 Å². The lowest BCUT2D eigenvalue weighted by Crippen LogP contribution is -1.92. The van der Waals surface area contributed by atoms with E-state index in [0.29, 0.717) is 8.66 Å². The normalized spacial score (nSPS) is 9.62. The van der Waals surface area contributed by atoms with Crippen LogP contribution in [0.25, 0.3) is 0 Å². The SMILES string of the molecule is O=COCc1sc(Br)cc1[N+](=O)[O-]. The van der Waals surface area contributed by atoms with E-state index in [0.717, 1.165) is 0 Å². The highest BCUT2D eigenvalue weighted by Gasteiger charge is 2.17. The summed E-state index contributed by atoms with van der Waals surface area (Å²) in [5.74, 6) is 0. The molecular formula is C6H4BrNO4S. The van der Waals surface area contributed by atoms with Crippen LogP contribution in [0.3, 0.4) is 0 Å². The number of carbonyl (C=O) groups excluding carboxylic acids is 1. The second-order valence-corrected chi connectivity index (χ2v) is 4.54. The van der Waals surface area contributed by atoms with Crippen molar-refractivity contribution >= 4 is 39.4 Å². The number of halogens is 1. The first-order valence-electron chi connectivity index (χ1n) is 3.13. The third kappa shape index (κ3) is 2.49. The average Bonchev–Trinajstić information content (AvgIpc) is 2.43. The highest BCUT2D eigenvalue weighted by Crippen LogP contribution is 2.32. The van der Waals surface area contributed by atoms with E-state index in [1.54, 1.807) is 0 Å². The highest BCUT2D eigenvalue weighted by atomic mass is 79.9. The maximum atomic E-state index is 10.4. The van der Waals surface area contributed by atoms with Crippen LogP contribution < -0.4 is 0 Å². The van der Waals surface area contributed by atoms with E-state index >= 15 is 0 Å². The van der Waals surface area contributed by atoms with Gasteiger partial charge in [0.2, 0.25) is 0 Å². The fourth-order valence-electron chi connectivity index (χ4n) is 0.755. The number of nitrogens with zero attached hydrogens (tertiary/aromatic N) is 1. The Bertz CT molecular complexity index is 337. The first kappa shape index (κ1) is 10.1. The fourth-order valence-corrected chi connectivity index (χ4v) is 2.33. The lowest BCUT2D eigenvalue weighted by Gasteiger charge is -1.93. The Balaban J connectivity index is 2.90. The largest absolute Gasteiger partial charge is 0.462 e. The van der Waals surface area contributed by atoms with Crippen LogP contribution in [0.1, 0.15) is 4.88 Å². The first-order valence-corrected chi connectivity index (χ1v) is 4.74. The second kappa shape index (κ2) is 4.33. The number of thiophene rings is 1. The number of nitro groups is 1. The van der Waals surface area contributed by atoms with Gasteiger partial charge in [-0.15, -0.1) is 11.3 Å². The highest BCUT2D eigenvalue weighted by molar-refractivity contribution is 9.11. The van der Waals surface area contributed by atoms with Gasteiger partial charge in [-0.25, -0.2) is 0 Å². The number of carbonyl (C=O) groups is 1. The zero-order valence-corrected chi connectivity index (χ0v) is 8.63. The van der Waals surface area contributed by atoms with Crippen molar-refractivity contribution in [2.75, 3.05) is 0 Å². The maximum absolute atomic E-state index is 10.4. The van der Waals surface area contributed by atoms with E-state index in [-0.39, 0.29) is 18.8 Å². The van der Waals surface area contributed by atoms with E-state index in [4.69, 9.17) is 0 Å².